The highest BCUT2D eigenvalue weighted by Crippen LogP contribution is 2.27. The van der Waals surface area contributed by atoms with Gasteiger partial charge in [0.1, 0.15) is 5.75 Å². The maximum Gasteiger partial charge on any atom is 0.262 e. The van der Waals surface area contributed by atoms with Crippen LogP contribution in [-0.4, -0.2) is 12.5 Å². The van der Waals surface area contributed by atoms with Gasteiger partial charge in [0.15, 0.2) is 6.61 Å². The number of ether oxygens (including phenoxy) is 1. The number of carbonyl (C=O) groups excluding carboxylic acids is 1. The number of carbonyl (C=O) groups is 1. The van der Waals surface area contributed by atoms with Crippen LogP contribution in [0.5, 0.6) is 5.75 Å². The van der Waals surface area contributed by atoms with Gasteiger partial charge in [-0.3, -0.25) is 4.79 Å². The first-order valence-corrected chi connectivity index (χ1v) is 7.93. The quantitative estimate of drug-likeness (QED) is 0.856. The Hall–Kier alpha value is -1.81. The van der Waals surface area contributed by atoms with Crippen molar-refractivity contribution in [2.45, 2.75) is 27.7 Å². The number of anilines is 1. The third kappa shape index (κ3) is 4.10. The lowest BCUT2D eigenvalue weighted by molar-refractivity contribution is -0.118. The molecule has 0 bridgehead atoms. The minimum Gasteiger partial charge on any atom is -0.483 e. The van der Waals surface area contributed by atoms with E-state index in [2.05, 4.69) is 21.2 Å². The first kappa shape index (κ1) is 16.6. The van der Waals surface area contributed by atoms with Gasteiger partial charge >= 0.3 is 0 Å². The Labute approximate surface area is 139 Å². The molecule has 22 heavy (non-hydrogen) atoms. The molecule has 4 heteroatoms. The van der Waals surface area contributed by atoms with Crippen LogP contribution in [0.15, 0.2) is 34.8 Å². The molecule has 0 aliphatic carbocycles. The molecule has 0 atom stereocenters. The lowest BCUT2D eigenvalue weighted by Crippen LogP contribution is -2.20. The summed E-state index contributed by atoms with van der Waals surface area (Å²) >= 11 is 3.45. The van der Waals surface area contributed by atoms with Crippen LogP contribution in [0, 0.1) is 27.7 Å². The molecule has 3 nitrogen and oxygen atoms in total. The van der Waals surface area contributed by atoms with E-state index in [0.717, 1.165) is 32.6 Å². The SMILES string of the molecule is Cc1ccc(NC(=O)COc2c(C)cc(Br)cc2C)cc1C. The molecule has 0 radical (unpaired) electrons. The monoisotopic (exact) mass is 361 g/mol. The average molecular weight is 362 g/mol. The highest BCUT2D eigenvalue weighted by atomic mass is 79.9. The molecule has 2 aromatic rings. The number of benzene rings is 2. The number of rotatable bonds is 4. The van der Waals surface area contributed by atoms with Gasteiger partial charge in [0, 0.05) is 10.2 Å². The summed E-state index contributed by atoms with van der Waals surface area (Å²) in [6.45, 7) is 8.00. The fourth-order valence-corrected chi connectivity index (χ4v) is 2.97. The van der Waals surface area contributed by atoms with Gasteiger partial charge in [-0.2, -0.15) is 0 Å². The van der Waals surface area contributed by atoms with Crippen LogP contribution in [0.4, 0.5) is 5.69 Å². The summed E-state index contributed by atoms with van der Waals surface area (Å²) in [5.41, 5.74) is 5.16. The van der Waals surface area contributed by atoms with Crippen LogP contribution >= 0.6 is 15.9 Å². The second-order valence-electron chi connectivity index (χ2n) is 5.50. The average Bonchev–Trinajstić information content (AvgIpc) is 2.41. The largest absolute Gasteiger partial charge is 0.483 e. The van der Waals surface area contributed by atoms with E-state index >= 15 is 0 Å². The molecule has 0 aromatic heterocycles. The Bertz CT molecular complexity index is 687. The number of halogens is 1. The minimum absolute atomic E-state index is 0.00373. The molecule has 0 heterocycles. The fraction of sp³-hybridized carbons (Fsp3) is 0.278. The standard InChI is InChI=1S/C18H20BrNO2/c1-11-5-6-16(9-12(11)2)20-17(21)10-22-18-13(3)7-15(19)8-14(18)4/h5-9H,10H2,1-4H3,(H,20,21). The predicted molar refractivity (Wildman–Crippen MR) is 93.7 cm³/mol. The Morgan fingerprint density at radius 2 is 1.64 bits per heavy atom. The van der Waals surface area contributed by atoms with Gasteiger partial charge in [0.2, 0.25) is 0 Å². The molecule has 0 fully saturated rings. The molecule has 0 saturated carbocycles. The van der Waals surface area contributed by atoms with Crippen molar-refractivity contribution in [3.63, 3.8) is 0 Å². The van der Waals surface area contributed by atoms with Crippen LogP contribution in [0.25, 0.3) is 0 Å². The molecule has 0 aliphatic heterocycles. The number of hydrogen-bond acceptors (Lipinski definition) is 2. The van der Waals surface area contributed by atoms with E-state index in [1.807, 2.05) is 58.0 Å². The highest BCUT2D eigenvalue weighted by molar-refractivity contribution is 9.10. The van der Waals surface area contributed by atoms with E-state index in [1.54, 1.807) is 0 Å². The zero-order valence-corrected chi connectivity index (χ0v) is 14.9. The van der Waals surface area contributed by atoms with Gasteiger partial charge in [-0.1, -0.05) is 22.0 Å². The maximum absolute atomic E-state index is 12.0. The van der Waals surface area contributed by atoms with Gasteiger partial charge in [0.25, 0.3) is 5.91 Å². The highest BCUT2D eigenvalue weighted by Gasteiger charge is 2.09. The zero-order valence-electron chi connectivity index (χ0n) is 13.3. The second-order valence-corrected chi connectivity index (χ2v) is 6.42. The van der Waals surface area contributed by atoms with E-state index in [1.165, 1.54) is 5.56 Å². The summed E-state index contributed by atoms with van der Waals surface area (Å²) in [5, 5.41) is 2.86. The molecule has 1 N–H and O–H groups in total. The van der Waals surface area contributed by atoms with Crippen molar-refractivity contribution in [2.24, 2.45) is 0 Å². The Balaban J connectivity index is 2.00. The number of nitrogens with one attached hydrogen (secondary N) is 1. The first-order chi connectivity index (χ1) is 10.4. The molecule has 0 saturated heterocycles. The van der Waals surface area contributed by atoms with Crippen molar-refractivity contribution in [3.05, 3.63) is 57.1 Å². The van der Waals surface area contributed by atoms with E-state index in [0.29, 0.717) is 0 Å². The Morgan fingerprint density at radius 3 is 2.23 bits per heavy atom. The van der Waals surface area contributed by atoms with Gasteiger partial charge in [0.05, 0.1) is 0 Å². The summed E-state index contributed by atoms with van der Waals surface area (Å²) in [5.74, 6) is 0.600. The molecule has 1 amide bonds. The van der Waals surface area contributed by atoms with Crippen molar-refractivity contribution >= 4 is 27.5 Å². The molecule has 2 aromatic carbocycles. The van der Waals surface area contributed by atoms with Crippen LogP contribution in [0.1, 0.15) is 22.3 Å². The Kier molecular flexibility index (Phi) is 5.24. The van der Waals surface area contributed by atoms with Gasteiger partial charge in [-0.15, -0.1) is 0 Å². The Morgan fingerprint density at radius 1 is 1.00 bits per heavy atom. The van der Waals surface area contributed by atoms with Crippen LogP contribution < -0.4 is 10.1 Å². The summed E-state index contributed by atoms with van der Waals surface area (Å²) in [7, 11) is 0. The normalized spacial score (nSPS) is 10.4. The van der Waals surface area contributed by atoms with Gasteiger partial charge in [-0.25, -0.2) is 0 Å². The van der Waals surface area contributed by atoms with E-state index in [9.17, 15) is 4.79 Å². The minimum atomic E-state index is -0.162. The lowest BCUT2D eigenvalue weighted by atomic mass is 10.1. The van der Waals surface area contributed by atoms with Gasteiger partial charge in [-0.05, 0) is 74.2 Å². The molecule has 116 valence electrons. The van der Waals surface area contributed by atoms with Crippen LogP contribution in [0.3, 0.4) is 0 Å². The molecule has 0 aliphatic rings. The van der Waals surface area contributed by atoms with Crippen molar-refractivity contribution in [3.8, 4) is 5.75 Å². The zero-order chi connectivity index (χ0) is 16.3. The first-order valence-electron chi connectivity index (χ1n) is 7.13. The van der Waals surface area contributed by atoms with Crippen LogP contribution in [-0.2, 0) is 4.79 Å². The van der Waals surface area contributed by atoms with E-state index in [-0.39, 0.29) is 12.5 Å². The van der Waals surface area contributed by atoms with Gasteiger partial charge < -0.3 is 10.1 Å². The summed E-state index contributed by atoms with van der Waals surface area (Å²) < 4.78 is 6.69. The van der Waals surface area contributed by atoms with Crippen molar-refractivity contribution in [1.29, 1.82) is 0 Å². The summed E-state index contributed by atoms with van der Waals surface area (Å²) in [4.78, 5) is 12.0. The van der Waals surface area contributed by atoms with Crippen molar-refractivity contribution in [1.82, 2.24) is 0 Å². The molecular formula is C18H20BrNO2. The summed E-state index contributed by atoms with van der Waals surface area (Å²) in [6, 6.07) is 9.81. The number of amides is 1. The lowest BCUT2D eigenvalue weighted by Gasteiger charge is -2.13. The predicted octanol–water partition coefficient (Wildman–Crippen LogP) is 4.70. The second kappa shape index (κ2) is 6.97. The molecule has 0 unspecified atom stereocenters. The third-order valence-corrected chi connectivity index (χ3v) is 4.02. The third-order valence-electron chi connectivity index (χ3n) is 3.56. The van der Waals surface area contributed by atoms with E-state index in [4.69, 9.17) is 4.74 Å². The smallest absolute Gasteiger partial charge is 0.262 e. The van der Waals surface area contributed by atoms with Crippen molar-refractivity contribution < 1.29 is 9.53 Å². The number of aryl methyl sites for hydroxylation is 4. The van der Waals surface area contributed by atoms with Crippen LogP contribution in [0.2, 0.25) is 0 Å². The van der Waals surface area contributed by atoms with E-state index < -0.39 is 0 Å². The summed E-state index contributed by atoms with van der Waals surface area (Å²) in [6.07, 6.45) is 0. The molecule has 0 spiro atoms. The fourth-order valence-electron chi connectivity index (χ4n) is 2.28. The maximum atomic E-state index is 12.0. The molecule has 2 rings (SSSR count). The topological polar surface area (TPSA) is 38.3 Å². The number of hydrogen-bond donors (Lipinski definition) is 1. The molecular weight excluding hydrogens is 342 g/mol. The van der Waals surface area contributed by atoms with Crippen molar-refractivity contribution in [2.75, 3.05) is 11.9 Å².